The average molecular weight is 349 g/mol. The van der Waals surface area contributed by atoms with Crippen molar-refractivity contribution in [3.8, 4) is 17.2 Å². The van der Waals surface area contributed by atoms with E-state index in [1.807, 2.05) is 24.3 Å². The SMILES string of the molecule is Oc1ccc(-c2nc(Cc3cccc(Br)c3)no2)c(F)c1. The molecule has 0 spiro atoms. The molecule has 0 saturated heterocycles. The maximum atomic E-state index is 13.7. The Morgan fingerprint density at radius 3 is 2.81 bits per heavy atom. The van der Waals surface area contributed by atoms with Gasteiger partial charge in [0.1, 0.15) is 11.6 Å². The van der Waals surface area contributed by atoms with Crippen molar-refractivity contribution >= 4 is 15.9 Å². The highest BCUT2D eigenvalue weighted by Gasteiger charge is 2.14. The number of benzene rings is 2. The lowest BCUT2D eigenvalue weighted by molar-refractivity contribution is 0.421. The summed E-state index contributed by atoms with van der Waals surface area (Å²) >= 11 is 3.40. The van der Waals surface area contributed by atoms with Crippen LogP contribution in [0, 0.1) is 5.82 Å². The van der Waals surface area contributed by atoms with E-state index in [9.17, 15) is 9.50 Å². The zero-order valence-corrected chi connectivity index (χ0v) is 12.3. The van der Waals surface area contributed by atoms with Gasteiger partial charge < -0.3 is 9.63 Å². The van der Waals surface area contributed by atoms with Crippen molar-refractivity contribution in [3.05, 3.63) is 64.1 Å². The van der Waals surface area contributed by atoms with Gasteiger partial charge in [0, 0.05) is 17.0 Å². The van der Waals surface area contributed by atoms with Crippen LogP contribution >= 0.6 is 15.9 Å². The molecular weight excluding hydrogens is 339 g/mol. The van der Waals surface area contributed by atoms with Crippen LogP contribution in [0.2, 0.25) is 0 Å². The molecule has 3 aromatic rings. The van der Waals surface area contributed by atoms with Crippen LogP contribution < -0.4 is 0 Å². The van der Waals surface area contributed by atoms with E-state index in [0.29, 0.717) is 12.2 Å². The molecule has 1 heterocycles. The van der Waals surface area contributed by atoms with E-state index in [-0.39, 0.29) is 17.2 Å². The minimum Gasteiger partial charge on any atom is -0.508 e. The van der Waals surface area contributed by atoms with Crippen LogP contribution in [0.15, 0.2) is 51.5 Å². The number of hydrogen-bond donors (Lipinski definition) is 1. The van der Waals surface area contributed by atoms with Crippen LogP contribution in [0.25, 0.3) is 11.5 Å². The molecule has 106 valence electrons. The van der Waals surface area contributed by atoms with E-state index in [1.165, 1.54) is 12.1 Å². The molecule has 0 aliphatic carbocycles. The highest BCUT2D eigenvalue weighted by atomic mass is 79.9. The zero-order chi connectivity index (χ0) is 14.8. The first-order valence-corrected chi connectivity index (χ1v) is 6.97. The maximum absolute atomic E-state index is 13.7. The topological polar surface area (TPSA) is 59.2 Å². The van der Waals surface area contributed by atoms with Gasteiger partial charge in [0.05, 0.1) is 5.56 Å². The molecule has 0 saturated carbocycles. The van der Waals surface area contributed by atoms with Crippen LogP contribution in [-0.4, -0.2) is 15.2 Å². The summed E-state index contributed by atoms with van der Waals surface area (Å²) in [5.74, 6) is -0.189. The van der Waals surface area contributed by atoms with Gasteiger partial charge in [0.2, 0.25) is 0 Å². The number of nitrogens with zero attached hydrogens (tertiary/aromatic N) is 2. The normalized spacial score (nSPS) is 10.8. The second-order valence-electron chi connectivity index (χ2n) is 4.49. The van der Waals surface area contributed by atoms with Crippen molar-refractivity contribution in [1.29, 1.82) is 0 Å². The standard InChI is InChI=1S/C15H10BrFN2O2/c16-10-3-1-2-9(6-10)7-14-18-15(21-19-14)12-5-4-11(20)8-13(12)17/h1-6,8,20H,7H2. The Balaban J connectivity index is 1.86. The summed E-state index contributed by atoms with van der Waals surface area (Å²) in [5, 5.41) is 13.0. The number of phenols is 1. The molecule has 0 aliphatic rings. The highest BCUT2D eigenvalue weighted by Crippen LogP contribution is 2.24. The lowest BCUT2D eigenvalue weighted by Gasteiger charge is -1.98. The second kappa shape index (κ2) is 5.65. The molecule has 0 radical (unpaired) electrons. The van der Waals surface area contributed by atoms with E-state index in [4.69, 9.17) is 4.52 Å². The van der Waals surface area contributed by atoms with E-state index in [0.717, 1.165) is 16.1 Å². The van der Waals surface area contributed by atoms with Gasteiger partial charge in [0.25, 0.3) is 5.89 Å². The first kappa shape index (κ1) is 13.8. The Hall–Kier alpha value is -2.21. The molecule has 21 heavy (non-hydrogen) atoms. The second-order valence-corrected chi connectivity index (χ2v) is 5.40. The largest absolute Gasteiger partial charge is 0.508 e. The molecule has 2 aromatic carbocycles. The molecule has 0 unspecified atom stereocenters. The average Bonchev–Trinajstić information content (AvgIpc) is 2.87. The van der Waals surface area contributed by atoms with Gasteiger partial charge in [-0.1, -0.05) is 33.2 Å². The van der Waals surface area contributed by atoms with E-state index in [1.54, 1.807) is 0 Å². The van der Waals surface area contributed by atoms with Crippen molar-refractivity contribution in [2.24, 2.45) is 0 Å². The van der Waals surface area contributed by atoms with E-state index in [2.05, 4.69) is 26.1 Å². The third-order valence-electron chi connectivity index (χ3n) is 2.90. The number of phenolic OH excluding ortho intramolecular Hbond substituents is 1. The van der Waals surface area contributed by atoms with Gasteiger partial charge in [-0.3, -0.25) is 0 Å². The number of aromatic nitrogens is 2. The van der Waals surface area contributed by atoms with Gasteiger partial charge in [-0.2, -0.15) is 4.98 Å². The van der Waals surface area contributed by atoms with Crippen molar-refractivity contribution < 1.29 is 14.0 Å². The van der Waals surface area contributed by atoms with E-state index < -0.39 is 5.82 Å². The summed E-state index contributed by atoms with van der Waals surface area (Å²) in [6.07, 6.45) is 0.489. The molecule has 0 bridgehead atoms. The van der Waals surface area contributed by atoms with Crippen molar-refractivity contribution in [1.82, 2.24) is 10.1 Å². The minimum absolute atomic E-state index is 0.0949. The number of aromatic hydroxyl groups is 1. The molecule has 1 aromatic heterocycles. The molecule has 0 fully saturated rings. The molecule has 6 heteroatoms. The molecular formula is C15H10BrFN2O2. The molecule has 0 aliphatic heterocycles. The molecule has 3 rings (SSSR count). The van der Waals surface area contributed by atoms with E-state index >= 15 is 0 Å². The summed E-state index contributed by atoms with van der Waals surface area (Å²) in [6, 6.07) is 11.5. The summed E-state index contributed by atoms with van der Waals surface area (Å²) in [5.41, 5.74) is 1.18. The molecule has 0 amide bonds. The third-order valence-corrected chi connectivity index (χ3v) is 3.40. The fourth-order valence-electron chi connectivity index (χ4n) is 1.94. The van der Waals surface area contributed by atoms with Gasteiger partial charge in [-0.15, -0.1) is 0 Å². The summed E-state index contributed by atoms with van der Waals surface area (Å²) in [6.45, 7) is 0. The van der Waals surface area contributed by atoms with Crippen LogP contribution in [0.4, 0.5) is 4.39 Å². The third kappa shape index (κ3) is 3.11. The number of halogens is 2. The van der Waals surface area contributed by atoms with Crippen molar-refractivity contribution in [2.75, 3.05) is 0 Å². The highest BCUT2D eigenvalue weighted by molar-refractivity contribution is 9.10. The first-order valence-electron chi connectivity index (χ1n) is 6.18. The smallest absolute Gasteiger partial charge is 0.260 e. The zero-order valence-electron chi connectivity index (χ0n) is 10.8. The Kier molecular flexibility index (Phi) is 3.70. The number of rotatable bonds is 3. The van der Waals surface area contributed by atoms with Crippen LogP contribution in [0.3, 0.4) is 0 Å². The number of hydrogen-bond acceptors (Lipinski definition) is 4. The van der Waals surface area contributed by atoms with Gasteiger partial charge in [0.15, 0.2) is 5.82 Å². The maximum Gasteiger partial charge on any atom is 0.260 e. The molecule has 0 atom stereocenters. The fourth-order valence-corrected chi connectivity index (χ4v) is 2.39. The first-order chi connectivity index (χ1) is 10.1. The molecule has 4 nitrogen and oxygen atoms in total. The lowest BCUT2D eigenvalue weighted by Crippen LogP contribution is -1.91. The van der Waals surface area contributed by atoms with Crippen LogP contribution in [0.1, 0.15) is 11.4 Å². The monoisotopic (exact) mass is 348 g/mol. The summed E-state index contributed by atoms with van der Waals surface area (Å²) in [7, 11) is 0. The lowest BCUT2D eigenvalue weighted by atomic mass is 10.1. The van der Waals surface area contributed by atoms with Crippen molar-refractivity contribution in [3.63, 3.8) is 0 Å². The fraction of sp³-hybridized carbons (Fsp3) is 0.0667. The molecule has 1 N–H and O–H groups in total. The van der Waals surface area contributed by atoms with Crippen LogP contribution in [-0.2, 0) is 6.42 Å². The Morgan fingerprint density at radius 1 is 1.19 bits per heavy atom. The quantitative estimate of drug-likeness (QED) is 0.778. The van der Waals surface area contributed by atoms with Crippen molar-refractivity contribution in [2.45, 2.75) is 6.42 Å². The summed E-state index contributed by atoms with van der Waals surface area (Å²) in [4.78, 5) is 4.18. The minimum atomic E-state index is -0.604. The predicted molar refractivity (Wildman–Crippen MR) is 78.3 cm³/mol. The Labute approximate surface area is 128 Å². The Bertz CT molecular complexity index is 789. The van der Waals surface area contributed by atoms with Gasteiger partial charge >= 0.3 is 0 Å². The van der Waals surface area contributed by atoms with Gasteiger partial charge in [-0.05, 0) is 29.8 Å². The Morgan fingerprint density at radius 2 is 2.05 bits per heavy atom. The predicted octanol–water partition coefficient (Wildman–Crippen LogP) is 3.93. The van der Waals surface area contributed by atoms with Gasteiger partial charge in [-0.25, -0.2) is 4.39 Å². The summed E-state index contributed by atoms with van der Waals surface area (Å²) < 4.78 is 19.8. The van der Waals surface area contributed by atoms with Crippen LogP contribution in [0.5, 0.6) is 5.75 Å².